The molecule has 0 saturated carbocycles. The van der Waals surface area contributed by atoms with Gasteiger partial charge in [-0.3, -0.25) is 4.79 Å². The number of hydrogen-bond acceptors (Lipinski definition) is 5. The van der Waals surface area contributed by atoms with Crippen LogP contribution in [0.3, 0.4) is 0 Å². The average molecular weight is 439 g/mol. The number of benzene rings is 1. The molecule has 148 valence electrons. The van der Waals surface area contributed by atoms with Gasteiger partial charge in [0.1, 0.15) is 5.76 Å². The summed E-state index contributed by atoms with van der Waals surface area (Å²) in [5, 5.41) is 2.28. The van der Waals surface area contributed by atoms with Crippen molar-refractivity contribution < 1.29 is 17.6 Å². The van der Waals surface area contributed by atoms with Crippen LogP contribution in [-0.2, 0) is 27.9 Å². The number of carbonyl (C=O) groups is 1. The molecular weight excluding hydrogens is 420 g/mol. The lowest BCUT2D eigenvalue weighted by atomic mass is 10.3. The van der Waals surface area contributed by atoms with Crippen LogP contribution in [0.4, 0.5) is 0 Å². The van der Waals surface area contributed by atoms with Crippen LogP contribution in [-0.4, -0.2) is 25.8 Å². The average Bonchev–Trinajstić information content (AvgIpc) is 3.35. The summed E-state index contributed by atoms with van der Waals surface area (Å²) < 4.78 is 32.5. The molecule has 0 aliphatic rings. The summed E-state index contributed by atoms with van der Waals surface area (Å²) in [5.41, 5.74) is 0. The number of sulfonamides is 1. The molecule has 1 aromatic carbocycles. The van der Waals surface area contributed by atoms with Gasteiger partial charge in [-0.1, -0.05) is 23.7 Å². The molecule has 6 nitrogen and oxygen atoms in total. The molecule has 0 aliphatic heterocycles. The van der Waals surface area contributed by atoms with Crippen LogP contribution in [0, 0.1) is 0 Å². The van der Waals surface area contributed by atoms with Crippen LogP contribution in [0.15, 0.2) is 69.5 Å². The van der Waals surface area contributed by atoms with Gasteiger partial charge in [-0.25, -0.2) is 13.1 Å². The van der Waals surface area contributed by atoms with Gasteiger partial charge >= 0.3 is 0 Å². The lowest BCUT2D eigenvalue weighted by molar-refractivity contribution is -0.132. The summed E-state index contributed by atoms with van der Waals surface area (Å²) in [6, 6.07) is 13.4. The smallest absolute Gasteiger partial charge is 0.240 e. The third-order valence-corrected chi connectivity index (χ3v) is 6.50. The minimum absolute atomic E-state index is 0.00717. The molecular formula is C19H19ClN2O4S2. The van der Waals surface area contributed by atoms with E-state index in [0.717, 1.165) is 4.88 Å². The molecule has 1 amide bonds. The summed E-state index contributed by atoms with van der Waals surface area (Å²) in [7, 11) is -3.73. The molecule has 2 aromatic heterocycles. The number of amides is 1. The van der Waals surface area contributed by atoms with E-state index in [2.05, 4.69) is 4.72 Å². The molecule has 3 rings (SSSR count). The first-order chi connectivity index (χ1) is 13.4. The predicted molar refractivity (Wildman–Crippen MR) is 109 cm³/mol. The maximum atomic E-state index is 12.7. The van der Waals surface area contributed by atoms with Crippen LogP contribution in [0.5, 0.6) is 0 Å². The van der Waals surface area contributed by atoms with Crippen LogP contribution < -0.4 is 4.72 Å². The number of carbonyl (C=O) groups excluding carboxylic acids is 1. The van der Waals surface area contributed by atoms with Gasteiger partial charge in [-0.15, -0.1) is 11.3 Å². The van der Waals surface area contributed by atoms with E-state index in [1.165, 1.54) is 12.1 Å². The quantitative estimate of drug-likeness (QED) is 0.549. The van der Waals surface area contributed by atoms with Gasteiger partial charge in [0.25, 0.3) is 0 Å². The van der Waals surface area contributed by atoms with Crippen molar-refractivity contribution in [1.29, 1.82) is 0 Å². The first-order valence-corrected chi connectivity index (χ1v) is 11.3. The third kappa shape index (κ3) is 5.68. The molecule has 0 unspecified atom stereocenters. The molecule has 28 heavy (non-hydrogen) atoms. The Balaban J connectivity index is 1.61. The summed E-state index contributed by atoms with van der Waals surface area (Å²) in [6.07, 6.45) is 1.59. The van der Waals surface area contributed by atoms with Crippen LogP contribution in [0.2, 0.25) is 5.02 Å². The Morgan fingerprint density at radius 2 is 2.00 bits per heavy atom. The number of hydrogen-bond donors (Lipinski definition) is 1. The van der Waals surface area contributed by atoms with Gasteiger partial charge in [-0.2, -0.15) is 0 Å². The zero-order valence-electron chi connectivity index (χ0n) is 14.9. The van der Waals surface area contributed by atoms with Crippen molar-refractivity contribution >= 4 is 38.9 Å². The Hall–Kier alpha value is -2.13. The van der Waals surface area contributed by atoms with Crippen LogP contribution in [0.1, 0.15) is 17.1 Å². The SMILES string of the molecule is O=C(CCNS(=O)(=O)c1cccc(Cl)c1)N(Cc1ccco1)Cc1cccs1. The van der Waals surface area contributed by atoms with Gasteiger partial charge in [-0.05, 0) is 41.8 Å². The largest absolute Gasteiger partial charge is 0.467 e. The normalized spacial score (nSPS) is 11.5. The fourth-order valence-corrected chi connectivity index (χ4v) is 4.63. The van der Waals surface area contributed by atoms with Crippen molar-refractivity contribution in [2.75, 3.05) is 6.54 Å². The topological polar surface area (TPSA) is 79.6 Å². The summed E-state index contributed by atoms with van der Waals surface area (Å²) in [6.45, 7) is 0.760. The molecule has 3 aromatic rings. The van der Waals surface area contributed by atoms with Crippen LogP contribution in [0.25, 0.3) is 0 Å². The van der Waals surface area contributed by atoms with Gasteiger partial charge < -0.3 is 9.32 Å². The van der Waals surface area contributed by atoms with Crippen molar-refractivity contribution in [1.82, 2.24) is 9.62 Å². The predicted octanol–water partition coefficient (Wildman–Crippen LogP) is 3.89. The van der Waals surface area contributed by atoms with Gasteiger partial charge in [0, 0.05) is 22.9 Å². The van der Waals surface area contributed by atoms with Crippen molar-refractivity contribution in [2.24, 2.45) is 0 Å². The molecule has 1 N–H and O–H groups in total. The maximum Gasteiger partial charge on any atom is 0.240 e. The fourth-order valence-electron chi connectivity index (χ4n) is 2.58. The fraction of sp³-hybridized carbons (Fsp3) is 0.211. The van der Waals surface area contributed by atoms with E-state index in [9.17, 15) is 13.2 Å². The first kappa shape index (κ1) is 20.6. The van der Waals surface area contributed by atoms with Crippen molar-refractivity contribution in [3.63, 3.8) is 0 Å². The summed E-state index contributed by atoms with van der Waals surface area (Å²) in [4.78, 5) is 15.5. The molecule has 0 bridgehead atoms. The van der Waals surface area contributed by atoms with Gasteiger partial charge in [0.2, 0.25) is 15.9 Å². The zero-order chi connectivity index (χ0) is 20.0. The Morgan fingerprint density at radius 1 is 1.14 bits per heavy atom. The number of nitrogens with zero attached hydrogens (tertiary/aromatic N) is 1. The number of rotatable bonds is 9. The Kier molecular flexibility index (Phi) is 6.90. The minimum atomic E-state index is -3.73. The Bertz CT molecular complexity index is 966. The highest BCUT2D eigenvalue weighted by atomic mass is 35.5. The van der Waals surface area contributed by atoms with E-state index in [-0.39, 0.29) is 23.8 Å². The third-order valence-electron chi connectivity index (χ3n) is 3.94. The van der Waals surface area contributed by atoms with E-state index in [1.807, 2.05) is 17.5 Å². The second kappa shape index (κ2) is 9.38. The highest BCUT2D eigenvalue weighted by molar-refractivity contribution is 7.89. The monoisotopic (exact) mass is 438 g/mol. The first-order valence-electron chi connectivity index (χ1n) is 8.52. The molecule has 0 spiro atoms. The van der Waals surface area contributed by atoms with Crippen LogP contribution >= 0.6 is 22.9 Å². The number of furan rings is 1. The molecule has 2 heterocycles. The van der Waals surface area contributed by atoms with Gasteiger partial charge in [0.15, 0.2) is 0 Å². The molecule has 0 aliphatic carbocycles. The molecule has 9 heteroatoms. The van der Waals surface area contributed by atoms with E-state index < -0.39 is 10.0 Å². The lowest BCUT2D eigenvalue weighted by Crippen LogP contribution is -2.33. The highest BCUT2D eigenvalue weighted by Gasteiger charge is 2.19. The van der Waals surface area contributed by atoms with E-state index >= 15 is 0 Å². The second-order valence-electron chi connectivity index (χ2n) is 6.01. The summed E-state index contributed by atoms with van der Waals surface area (Å²) >= 11 is 7.41. The Labute approximate surface area is 172 Å². The second-order valence-corrected chi connectivity index (χ2v) is 9.25. The highest BCUT2D eigenvalue weighted by Crippen LogP contribution is 2.17. The lowest BCUT2D eigenvalue weighted by Gasteiger charge is -2.21. The van der Waals surface area contributed by atoms with Crippen molar-refractivity contribution in [2.45, 2.75) is 24.4 Å². The Morgan fingerprint density at radius 3 is 2.68 bits per heavy atom. The van der Waals surface area contributed by atoms with Gasteiger partial charge in [0.05, 0.1) is 24.2 Å². The number of thiophene rings is 1. The standard InChI is InChI=1S/C19H19ClN2O4S2/c20-15-4-1-7-18(12-15)28(24,25)21-9-8-19(23)22(13-16-5-2-10-26-16)14-17-6-3-11-27-17/h1-7,10-12,21H,8-9,13-14H2. The minimum Gasteiger partial charge on any atom is -0.467 e. The molecule has 0 radical (unpaired) electrons. The van der Waals surface area contributed by atoms with Crippen molar-refractivity contribution in [3.8, 4) is 0 Å². The molecule has 0 fully saturated rings. The maximum absolute atomic E-state index is 12.7. The zero-order valence-corrected chi connectivity index (χ0v) is 17.3. The van der Waals surface area contributed by atoms with Crippen molar-refractivity contribution in [3.05, 3.63) is 75.8 Å². The summed E-state index contributed by atoms with van der Waals surface area (Å²) in [5.74, 6) is 0.503. The van der Waals surface area contributed by atoms with E-state index in [1.54, 1.807) is 46.8 Å². The number of nitrogens with one attached hydrogen (secondary N) is 1. The molecule has 0 atom stereocenters. The van der Waals surface area contributed by atoms with E-state index in [4.69, 9.17) is 16.0 Å². The van der Waals surface area contributed by atoms with E-state index in [0.29, 0.717) is 23.9 Å². The number of halogens is 1. The molecule has 0 saturated heterocycles.